The van der Waals surface area contributed by atoms with Crippen molar-refractivity contribution in [2.75, 3.05) is 7.05 Å². The quantitative estimate of drug-likeness (QED) is 0.331. The molecule has 0 saturated carbocycles. The highest BCUT2D eigenvalue weighted by Gasteiger charge is 2.23. The van der Waals surface area contributed by atoms with E-state index in [9.17, 15) is 0 Å². The molecule has 72 valence electrons. The predicted molar refractivity (Wildman–Crippen MR) is 56.6 cm³/mol. The van der Waals surface area contributed by atoms with Gasteiger partial charge in [-0.05, 0) is 0 Å². The van der Waals surface area contributed by atoms with Crippen molar-refractivity contribution >= 4 is 17.6 Å². The molecular weight excluding hydrogens is 196 g/mol. The number of hydrazine groups is 1. The third-order valence-electron chi connectivity index (χ3n) is 2.03. The van der Waals surface area contributed by atoms with E-state index in [4.69, 9.17) is 5.84 Å². The lowest BCUT2D eigenvalue weighted by Gasteiger charge is -2.11. The first-order valence-corrected chi connectivity index (χ1v) is 5.03. The number of hydrogen-bond donors (Lipinski definition) is 1. The first kappa shape index (κ1) is 9.08. The Morgan fingerprint density at radius 3 is 2.64 bits per heavy atom. The Morgan fingerprint density at radius 1 is 1.36 bits per heavy atom. The summed E-state index contributed by atoms with van der Waals surface area (Å²) in [6.07, 6.45) is 0. The van der Waals surface area contributed by atoms with Gasteiger partial charge in [-0.2, -0.15) is 10.9 Å². The second-order valence-electron chi connectivity index (χ2n) is 2.87. The number of nitrogens with zero attached hydrogens (tertiary/aromatic N) is 3. The molecule has 1 aliphatic heterocycles. The number of nitrogens with two attached hydrogens (primary N) is 1. The van der Waals surface area contributed by atoms with E-state index in [1.54, 1.807) is 4.21 Å². The normalized spacial score (nSPS) is 18.8. The van der Waals surface area contributed by atoms with Gasteiger partial charge in [0, 0.05) is 15.2 Å². The third kappa shape index (κ3) is 1.46. The van der Waals surface area contributed by atoms with Crippen LogP contribution in [0.25, 0.3) is 5.70 Å². The minimum Gasteiger partial charge on any atom is -0.193 e. The molecule has 2 rings (SSSR count). The summed E-state index contributed by atoms with van der Waals surface area (Å²) in [6.45, 7) is 0. The Kier molecular flexibility index (Phi) is 2.41. The smallest absolute Gasteiger partial charge is 0.144 e. The summed E-state index contributed by atoms with van der Waals surface area (Å²) in [5.41, 5.74) is 2.26. The van der Waals surface area contributed by atoms with Gasteiger partial charge < -0.3 is 0 Å². The standard InChI is InChI=1S/C9H10N4S/c1-12-9(7-14-13(12)11-10)8-5-3-2-4-6-8/h2-7,10H,1H3/p+1. The summed E-state index contributed by atoms with van der Waals surface area (Å²) in [5.74, 6) is 5.22. The zero-order valence-electron chi connectivity index (χ0n) is 7.79. The average Bonchev–Trinajstić information content (AvgIpc) is 2.61. The van der Waals surface area contributed by atoms with Crippen molar-refractivity contribution in [3.63, 3.8) is 0 Å². The van der Waals surface area contributed by atoms with Gasteiger partial charge in [0.05, 0.1) is 12.7 Å². The lowest BCUT2D eigenvalue weighted by Crippen LogP contribution is -2.20. The maximum Gasteiger partial charge on any atom is 0.144 e. The Labute approximate surface area is 86.8 Å². The van der Waals surface area contributed by atoms with Gasteiger partial charge in [-0.3, -0.25) is 0 Å². The lowest BCUT2D eigenvalue weighted by molar-refractivity contribution is -0.577. The van der Waals surface area contributed by atoms with Crippen LogP contribution in [0, 0.1) is 0 Å². The van der Waals surface area contributed by atoms with Gasteiger partial charge in [-0.1, -0.05) is 30.3 Å². The molecular formula is C9H11N4S+. The largest absolute Gasteiger partial charge is 0.193 e. The molecule has 0 amide bonds. The molecule has 14 heavy (non-hydrogen) atoms. The summed E-state index contributed by atoms with van der Waals surface area (Å²) >= 11 is 1.46. The number of rotatable bonds is 1. The van der Waals surface area contributed by atoms with E-state index in [-0.39, 0.29) is 0 Å². The van der Waals surface area contributed by atoms with Crippen LogP contribution in [0.1, 0.15) is 5.56 Å². The van der Waals surface area contributed by atoms with Crippen LogP contribution in [0.2, 0.25) is 0 Å². The van der Waals surface area contributed by atoms with Gasteiger partial charge in [-0.15, -0.1) is 0 Å². The van der Waals surface area contributed by atoms with Crippen LogP contribution in [0.5, 0.6) is 0 Å². The number of benzene rings is 1. The van der Waals surface area contributed by atoms with Crippen LogP contribution >= 0.6 is 11.9 Å². The van der Waals surface area contributed by atoms with Crippen LogP contribution in [-0.2, 0) is 0 Å². The predicted octanol–water partition coefficient (Wildman–Crippen LogP) is 1.83. The fourth-order valence-electron chi connectivity index (χ4n) is 1.30. The van der Waals surface area contributed by atoms with Gasteiger partial charge >= 0.3 is 0 Å². The molecule has 1 aromatic rings. The third-order valence-corrected chi connectivity index (χ3v) is 2.89. The van der Waals surface area contributed by atoms with E-state index >= 15 is 0 Å². The minimum absolute atomic E-state index is 1.10. The first-order chi connectivity index (χ1) is 6.83. The van der Waals surface area contributed by atoms with Crippen LogP contribution < -0.4 is 5.84 Å². The van der Waals surface area contributed by atoms with Gasteiger partial charge in [0.15, 0.2) is 0 Å². The summed E-state index contributed by atoms with van der Waals surface area (Å²) in [5, 5.41) is 7.54. The van der Waals surface area contributed by atoms with Crippen molar-refractivity contribution in [3.8, 4) is 0 Å². The maximum atomic E-state index is 5.22. The molecule has 0 fully saturated rings. The Hall–Kier alpha value is -1.49. The molecule has 0 saturated heterocycles. The molecule has 0 radical (unpaired) electrons. The molecule has 0 aliphatic carbocycles. The van der Waals surface area contributed by atoms with Crippen molar-refractivity contribution in [2.45, 2.75) is 0 Å². The zero-order chi connectivity index (χ0) is 9.97. The van der Waals surface area contributed by atoms with Crippen LogP contribution in [0.3, 0.4) is 0 Å². The van der Waals surface area contributed by atoms with Gasteiger partial charge in [0.2, 0.25) is 0 Å². The zero-order valence-corrected chi connectivity index (χ0v) is 8.61. The van der Waals surface area contributed by atoms with E-state index in [1.165, 1.54) is 11.9 Å². The van der Waals surface area contributed by atoms with Gasteiger partial charge in [0.25, 0.3) is 0 Å². The Bertz CT molecular complexity index is 385. The van der Waals surface area contributed by atoms with E-state index in [1.807, 2.05) is 35.7 Å². The van der Waals surface area contributed by atoms with Crippen molar-refractivity contribution in [2.24, 2.45) is 11.1 Å². The molecule has 0 aromatic heterocycles. The molecule has 1 heterocycles. The Morgan fingerprint density at radius 2 is 2.07 bits per heavy atom. The van der Waals surface area contributed by atoms with Crippen molar-refractivity contribution in [1.82, 2.24) is 5.01 Å². The summed E-state index contributed by atoms with van der Waals surface area (Å²) in [4.78, 5) is 0. The topological polar surface area (TPSA) is 44.6 Å². The SMILES string of the molecule is CN1C(c2ccccc2)=CS[N+]1=NN. The molecule has 1 aromatic carbocycles. The fourth-order valence-corrected chi connectivity index (χ4v) is 2.07. The lowest BCUT2D eigenvalue weighted by atomic mass is 10.2. The highest BCUT2D eigenvalue weighted by atomic mass is 32.2. The monoisotopic (exact) mass is 207 g/mol. The van der Waals surface area contributed by atoms with E-state index in [2.05, 4.69) is 17.4 Å². The summed E-state index contributed by atoms with van der Waals surface area (Å²) in [7, 11) is 1.93. The van der Waals surface area contributed by atoms with Crippen molar-refractivity contribution < 1.29 is 4.21 Å². The van der Waals surface area contributed by atoms with Crippen LogP contribution in [-0.4, -0.2) is 16.3 Å². The van der Waals surface area contributed by atoms with E-state index < -0.39 is 0 Å². The number of hydrogen-bond acceptors (Lipinski definition) is 2. The molecule has 0 bridgehead atoms. The van der Waals surface area contributed by atoms with Crippen molar-refractivity contribution in [3.05, 3.63) is 41.3 Å². The van der Waals surface area contributed by atoms with Gasteiger partial charge in [-0.25, -0.2) is 0 Å². The van der Waals surface area contributed by atoms with E-state index in [0.29, 0.717) is 0 Å². The molecule has 0 spiro atoms. The molecule has 0 atom stereocenters. The van der Waals surface area contributed by atoms with Crippen molar-refractivity contribution in [1.29, 1.82) is 0 Å². The highest BCUT2D eigenvalue weighted by molar-refractivity contribution is 7.96. The molecule has 2 N–H and O–H groups in total. The summed E-state index contributed by atoms with van der Waals surface area (Å²) in [6, 6.07) is 10.1. The highest BCUT2D eigenvalue weighted by Crippen LogP contribution is 2.30. The van der Waals surface area contributed by atoms with Gasteiger partial charge in [0.1, 0.15) is 17.2 Å². The fraction of sp³-hybridized carbons (Fsp3) is 0.111. The molecule has 1 aliphatic rings. The van der Waals surface area contributed by atoms with Crippen LogP contribution in [0.15, 0.2) is 41.0 Å². The second kappa shape index (κ2) is 3.71. The molecule has 4 nitrogen and oxygen atoms in total. The summed E-state index contributed by atoms with van der Waals surface area (Å²) < 4.78 is 1.63. The first-order valence-electron chi connectivity index (χ1n) is 4.20. The Balaban J connectivity index is 2.31. The van der Waals surface area contributed by atoms with E-state index in [0.717, 1.165) is 11.3 Å². The molecule has 5 heteroatoms. The second-order valence-corrected chi connectivity index (χ2v) is 3.64. The average molecular weight is 207 g/mol. The maximum absolute atomic E-state index is 5.22. The minimum atomic E-state index is 1.10. The molecule has 0 unspecified atom stereocenters. The van der Waals surface area contributed by atoms with Crippen LogP contribution in [0.4, 0.5) is 0 Å².